The smallest absolute Gasteiger partial charge is 0.306 e. The van der Waals surface area contributed by atoms with Crippen LogP contribution in [0.1, 0.15) is 12.8 Å². The van der Waals surface area contributed by atoms with Crippen LogP contribution < -0.4 is 10.1 Å². The van der Waals surface area contributed by atoms with Crippen LogP contribution in [0, 0.1) is 5.92 Å². The number of para-hydroxylation sites is 1. The minimum atomic E-state index is -0.746. The summed E-state index contributed by atoms with van der Waals surface area (Å²) in [5.74, 6) is 0.231. The predicted octanol–water partition coefficient (Wildman–Crippen LogP) is 3.64. The largest absolute Gasteiger partial charge is 0.481 e. The average molecular weight is 391 g/mol. The van der Waals surface area contributed by atoms with Crippen molar-refractivity contribution in [2.75, 3.05) is 25.0 Å². The number of ether oxygens (including phenoxy) is 1. The van der Waals surface area contributed by atoms with Crippen molar-refractivity contribution >= 4 is 30.0 Å². The minimum absolute atomic E-state index is 0. The lowest BCUT2D eigenvalue weighted by atomic mass is 9.97. The molecule has 1 fully saturated rings. The number of anilines is 1. The summed E-state index contributed by atoms with van der Waals surface area (Å²) < 4.78 is 5.77. The maximum absolute atomic E-state index is 12.3. The lowest BCUT2D eigenvalue weighted by Gasteiger charge is -2.29. The molecule has 1 aliphatic heterocycles. The van der Waals surface area contributed by atoms with Gasteiger partial charge in [-0.1, -0.05) is 24.3 Å². The van der Waals surface area contributed by atoms with Crippen molar-refractivity contribution in [3.63, 3.8) is 0 Å². The Morgan fingerprint density at radius 2 is 1.70 bits per heavy atom. The molecule has 0 atom stereocenters. The van der Waals surface area contributed by atoms with Gasteiger partial charge in [0.25, 0.3) is 0 Å². The number of carboxylic acids is 1. The number of amides is 1. The highest BCUT2D eigenvalue weighted by atomic mass is 35.5. The van der Waals surface area contributed by atoms with Crippen LogP contribution in [0.4, 0.5) is 5.69 Å². The van der Waals surface area contributed by atoms with Crippen LogP contribution in [0.2, 0.25) is 0 Å². The van der Waals surface area contributed by atoms with E-state index in [0.717, 1.165) is 5.75 Å². The van der Waals surface area contributed by atoms with Gasteiger partial charge in [0.05, 0.1) is 12.5 Å². The molecule has 0 unspecified atom stereocenters. The normalized spacial score (nSPS) is 14.8. The van der Waals surface area contributed by atoms with Crippen LogP contribution >= 0.6 is 12.4 Å². The molecule has 1 heterocycles. The molecule has 0 bridgehead atoms. The Bertz CT molecular complexity index is 762. The molecule has 27 heavy (non-hydrogen) atoms. The van der Waals surface area contributed by atoms with E-state index in [1.54, 1.807) is 6.07 Å². The van der Waals surface area contributed by atoms with Crippen LogP contribution in [0.3, 0.4) is 0 Å². The summed E-state index contributed by atoms with van der Waals surface area (Å²) in [5, 5.41) is 11.9. The van der Waals surface area contributed by atoms with Crippen molar-refractivity contribution in [1.82, 2.24) is 4.90 Å². The second kappa shape index (κ2) is 9.94. The number of hydrogen-bond acceptors (Lipinski definition) is 4. The summed E-state index contributed by atoms with van der Waals surface area (Å²) in [6.45, 7) is 1.51. The number of benzene rings is 2. The summed E-state index contributed by atoms with van der Waals surface area (Å²) in [6.07, 6.45) is 1.17. The molecule has 0 aliphatic carbocycles. The van der Waals surface area contributed by atoms with Gasteiger partial charge >= 0.3 is 5.97 Å². The number of carbonyl (C=O) groups is 2. The van der Waals surface area contributed by atoms with Crippen molar-refractivity contribution in [2.24, 2.45) is 5.92 Å². The van der Waals surface area contributed by atoms with E-state index in [1.165, 1.54) is 0 Å². The molecule has 2 aromatic rings. The van der Waals surface area contributed by atoms with Crippen molar-refractivity contribution in [2.45, 2.75) is 12.8 Å². The van der Waals surface area contributed by atoms with Gasteiger partial charge in [-0.2, -0.15) is 0 Å². The molecular weight excluding hydrogens is 368 g/mol. The highest BCUT2D eigenvalue weighted by Gasteiger charge is 2.25. The third kappa shape index (κ3) is 6.27. The van der Waals surface area contributed by atoms with Gasteiger partial charge in [-0.05, 0) is 50.2 Å². The van der Waals surface area contributed by atoms with E-state index >= 15 is 0 Å². The molecule has 0 radical (unpaired) electrons. The monoisotopic (exact) mass is 390 g/mol. The van der Waals surface area contributed by atoms with Crippen LogP contribution in [-0.2, 0) is 9.59 Å². The maximum Gasteiger partial charge on any atom is 0.306 e. The minimum Gasteiger partial charge on any atom is -0.481 e. The first-order valence-electron chi connectivity index (χ1n) is 8.68. The molecule has 0 saturated carbocycles. The van der Waals surface area contributed by atoms with Gasteiger partial charge in [0.1, 0.15) is 11.5 Å². The number of halogens is 1. The molecule has 2 aromatic carbocycles. The molecule has 0 aromatic heterocycles. The number of rotatable bonds is 6. The van der Waals surface area contributed by atoms with E-state index in [4.69, 9.17) is 9.84 Å². The molecule has 1 aliphatic rings. The molecular formula is C20H23ClN2O4. The second-order valence-electron chi connectivity index (χ2n) is 6.38. The Morgan fingerprint density at radius 3 is 2.37 bits per heavy atom. The fourth-order valence-corrected chi connectivity index (χ4v) is 3.00. The summed E-state index contributed by atoms with van der Waals surface area (Å²) in [7, 11) is 0. The highest BCUT2D eigenvalue weighted by Crippen LogP contribution is 2.24. The van der Waals surface area contributed by atoms with Crippen molar-refractivity contribution in [3.8, 4) is 11.5 Å². The number of likely N-dealkylation sites (tertiary alicyclic amines) is 1. The second-order valence-corrected chi connectivity index (χ2v) is 6.38. The van der Waals surface area contributed by atoms with Gasteiger partial charge < -0.3 is 15.2 Å². The molecule has 1 saturated heterocycles. The highest BCUT2D eigenvalue weighted by molar-refractivity contribution is 5.92. The number of carbonyl (C=O) groups excluding carboxylic acids is 1. The topological polar surface area (TPSA) is 78.9 Å². The maximum atomic E-state index is 12.3. The van der Waals surface area contributed by atoms with Gasteiger partial charge in [0, 0.05) is 11.8 Å². The Balaban J connectivity index is 0.00000261. The average Bonchev–Trinajstić information content (AvgIpc) is 2.63. The standard InChI is InChI=1S/C20H22N2O4.ClH/c23-19(14-22-11-9-15(10-12-22)20(24)25)21-16-5-4-8-18(13-16)26-17-6-2-1-3-7-17;/h1-8,13,15H,9-12,14H2,(H,21,23)(H,24,25);1H. The van der Waals surface area contributed by atoms with Crippen molar-refractivity contribution < 1.29 is 19.4 Å². The fraction of sp³-hybridized carbons (Fsp3) is 0.300. The van der Waals surface area contributed by atoms with Crippen LogP contribution in [0.15, 0.2) is 54.6 Å². The summed E-state index contributed by atoms with van der Waals surface area (Å²) in [5.41, 5.74) is 0.670. The predicted molar refractivity (Wildman–Crippen MR) is 106 cm³/mol. The third-order valence-electron chi connectivity index (χ3n) is 4.40. The van der Waals surface area contributed by atoms with Gasteiger partial charge in [-0.25, -0.2) is 0 Å². The number of piperidine rings is 1. The Kier molecular flexibility index (Phi) is 7.64. The van der Waals surface area contributed by atoms with Gasteiger partial charge in [-0.3, -0.25) is 14.5 Å². The van der Waals surface area contributed by atoms with E-state index < -0.39 is 5.97 Å². The van der Waals surface area contributed by atoms with Gasteiger partial charge in [0.15, 0.2) is 0 Å². The Morgan fingerprint density at radius 1 is 1.04 bits per heavy atom. The molecule has 7 heteroatoms. The van der Waals surface area contributed by atoms with E-state index in [2.05, 4.69) is 5.32 Å². The van der Waals surface area contributed by atoms with Gasteiger partial charge in [-0.15, -0.1) is 12.4 Å². The quantitative estimate of drug-likeness (QED) is 0.787. The molecule has 6 nitrogen and oxygen atoms in total. The number of aliphatic carboxylic acids is 1. The Labute approximate surface area is 164 Å². The zero-order valence-corrected chi connectivity index (χ0v) is 15.7. The lowest BCUT2D eigenvalue weighted by molar-refractivity contribution is -0.143. The SMILES string of the molecule is Cl.O=C(CN1CCC(C(=O)O)CC1)Nc1cccc(Oc2ccccc2)c1. The fourth-order valence-electron chi connectivity index (χ4n) is 3.00. The van der Waals surface area contributed by atoms with E-state index in [0.29, 0.717) is 37.4 Å². The first-order chi connectivity index (χ1) is 12.6. The zero-order valence-electron chi connectivity index (χ0n) is 14.8. The first kappa shape index (κ1) is 20.7. The lowest BCUT2D eigenvalue weighted by Crippen LogP contribution is -2.40. The van der Waals surface area contributed by atoms with Crippen molar-refractivity contribution in [1.29, 1.82) is 0 Å². The molecule has 1 amide bonds. The third-order valence-corrected chi connectivity index (χ3v) is 4.40. The Hall–Kier alpha value is -2.57. The zero-order chi connectivity index (χ0) is 18.4. The van der Waals surface area contributed by atoms with E-state index in [9.17, 15) is 9.59 Å². The number of carboxylic acid groups (broad SMARTS) is 1. The van der Waals surface area contributed by atoms with E-state index in [1.807, 2.05) is 53.4 Å². The molecule has 3 rings (SSSR count). The van der Waals surface area contributed by atoms with Crippen LogP contribution in [0.25, 0.3) is 0 Å². The number of hydrogen-bond donors (Lipinski definition) is 2. The van der Waals surface area contributed by atoms with E-state index in [-0.39, 0.29) is 30.8 Å². The summed E-state index contributed by atoms with van der Waals surface area (Å²) in [4.78, 5) is 25.2. The van der Waals surface area contributed by atoms with Crippen molar-refractivity contribution in [3.05, 3.63) is 54.6 Å². The number of nitrogens with one attached hydrogen (secondary N) is 1. The molecule has 144 valence electrons. The summed E-state index contributed by atoms with van der Waals surface area (Å²) in [6, 6.07) is 16.7. The summed E-state index contributed by atoms with van der Waals surface area (Å²) >= 11 is 0. The van der Waals surface area contributed by atoms with Crippen LogP contribution in [-0.4, -0.2) is 41.5 Å². The molecule has 2 N–H and O–H groups in total. The van der Waals surface area contributed by atoms with Gasteiger partial charge in [0.2, 0.25) is 5.91 Å². The van der Waals surface area contributed by atoms with Crippen LogP contribution in [0.5, 0.6) is 11.5 Å². The first-order valence-corrected chi connectivity index (χ1v) is 8.68. The number of nitrogens with zero attached hydrogens (tertiary/aromatic N) is 1. The molecule has 0 spiro atoms.